The van der Waals surface area contributed by atoms with Crippen LogP contribution in [0.2, 0.25) is 0 Å². The third-order valence-electron chi connectivity index (χ3n) is 3.31. The lowest BCUT2D eigenvalue weighted by Gasteiger charge is -2.11. The van der Waals surface area contributed by atoms with E-state index >= 15 is 0 Å². The first-order chi connectivity index (χ1) is 12.2. The Morgan fingerprint density at radius 3 is 2.54 bits per heavy atom. The summed E-state index contributed by atoms with van der Waals surface area (Å²) in [4.78, 5) is 20.0. The van der Waals surface area contributed by atoms with Crippen LogP contribution in [0, 0.1) is 0 Å². The van der Waals surface area contributed by atoms with Crippen molar-refractivity contribution in [2.24, 2.45) is 4.99 Å². The highest BCUT2D eigenvalue weighted by Crippen LogP contribution is 2.10. The lowest BCUT2D eigenvalue weighted by atomic mass is 10.2. The number of nitrogens with zero attached hydrogens (tertiary/aromatic N) is 2. The Bertz CT molecular complexity index is 692. The fraction of sp³-hybridized carbons (Fsp3) is 0.278. The normalized spacial score (nSPS) is 10.5. The van der Waals surface area contributed by atoms with Crippen LogP contribution in [-0.2, 0) is 17.8 Å². The first-order valence-corrected chi connectivity index (χ1v) is 8.07. The van der Waals surface area contributed by atoms with Crippen LogP contribution in [0.5, 0.6) is 0 Å². The molecule has 3 N–H and O–H groups in total. The number of rotatable bonds is 6. The summed E-state index contributed by atoms with van der Waals surface area (Å²) in [7, 11) is 1.33. The maximum Gasteiger partial charge on any atom is 0.411 e. The van der Waals surface area contributed by atoms with Gasteiger partial charge in [-0.1, -0.05) is 18.2 Å². The molecule has 140 valence electrons. The van der Waals surface area contributed by atoms with E-state index in [0.717, 1.165) is 23.8 Å². The average Bonchev–Trinajstić information content (AvgIpc) is 2.66. The van der Waals surface area contributed by atoms with E-state index < -0.39 is 6.09 Å². The lowest BCUT2D eigenvalue weighted by Crippen LogP contribution is -2.36. The molecule has 8 heteroatoms. The predicted molar refractivity (Wildman–Crippen MR) is 114 cm³/mol. The Morgan fingerprint density at radius 1 is 1.15 bits per heavy atom. The van der Waals surface area contributed by atoms with Crippen LogP contribution < -0.4 is 16.0 Å². The number of anilines is 1. The third-order valence-corrected chi connectivity index (χ3v) is 3.31. The predicted octanol–water partition coefficient (Wildman–Crippen LogP) is 3.13. The van der Waals surface area contributed by atoms with Gasteiger partial charge in [-0.05, 0) is 36.8 Å². The highest BCUT2D eigenvalue weighted by Gasteiger charge is 2.01. The van der Waals surface area contributed by atoms with Crippen LogP contribution in [0.3, 0.4) is 0 Å². The quantitative estimate of drug-likeness (QED) is 0.344. The lowest BCUT2D eigenvalue weighted by molar-refractivity contribution is 0.187. The Kier molecular flexibility index (Phi) is 10.1. The number of amides is 1. The van der Waals surface area contributed by atoms with Gasteiger partial charge in [0.05, 0.1) is 25.9 Å². The molecule has 0 bridgehead atoms. The summed E-state index contributed by atoms with van der Waals surface area (Å²) in [5.41, 5.74) is 2.66. The fourth-order valence-corrected chi connectivity index (χ4v) is 2.05. The summed E-state index contributed by atoms with van der Waals surface area (Å²) < 4.78 is 4.56. The van der Waals surface area contributed by atoms with E-state index in [0.29, 0.717) is 18.8 Å². The summed E-state index contributed by atoms with van der Waals surface area (Å²) in [6.45, 7) is 3.92. The van der Waals surface area contributed by atoms with Gasteiger partial charge in [-0.2, -0.15) is 0 Å². The number of aliphatic imine (C=N–C) groups is 1. The number of aromatic nitrogens is 1. The molecule has 0 saturated heterocycles. The summed E-state index contributed by atoms with van der Waals surface area (Å²) in [5.74, 6) is 0.727. The average molecular weight is 469 g/mol. The number of halogens is 1. The third kappa shape index (κ3) is 7.68. The van der Waals surface area contributed by atoms with E-state index in [1.54, 1.807) is 6.20 Å². The summed E-state index contributed by atoms with van der Waals surface area (Å²) >= 11 is 0. The monoisotopic (exact) mass is 469 g/mol. The molecule has 7 nitrogen and oxygen atoms in total. The molecule has 0 atom stereocenters. The first kappa shape index (κ1) is 21.7. The van der Waals surface area contributed by atoms with Gasteiger partial charge in [0.1, 0.15) is 0 Å². The number of pyridine rings is 1. The molecule has 1 amide bonds. The zero-order chi connectivity index (χ0) is 17.9. The van der Waals surface area contributed by atoms with Gasteiger partial charge in [-0.3, -0.25) is 10.3 Å². The van der Waals surface area contributed by atoms with Gasteiger partial charge in [0.15, 0.2) is 5.96 Å². The number of ether oxygens (including phenoxy) is 1. The highest BCUT2D eigenvalue weighted by atomic mass is 127. The van der Waals surface area contributed by atoms with Gasteiger partial charge in [-0.15, -0.1) is 24.0 Å². The maximum absolute atomic E-state index is 11.2. The van der Waals surface area contributed by atoms with E-state index in [-0.39, 0.29) is 24.0 Å². The fourth-order valence-electron chi connectivity index (χ4n) is 2.05. The molecule has 2 rings (SSSR count). The van der Waals surface area contributed by atoms with Crippen molar-refractivity contribution in [3.63, 3.8) is 0 Å². The van der Waals surface area contributed by atoms with E-state index in [4.69, 9.17) is 0 Å². The summed E-state index contributed by atoms with van der Waals surface area (Å²) in [6.07, 6.45) is 1.28. The minimum absolute atomic E-state index is 0. The van der Waals surface area contributed by atoms with Crippen LogP contribution in [0.1, 0.15) is 18.2 Å². The van der Waals surface area contributed by atoms with Crippen molar-refractivity contribution in [3.8, 4) is 0 Å². The SMILES string of the molecule is CCNC(=NCc1ccc(NC(=O)OC)cc1)NCc1ccccn1.I. The molecule has 26 heavy (non-hydrogen) atoms. The number of hydrogen-bond donors (Lipinski definition) is 3. The maximum atomic E-state index is 11.2. The number of benzene rings is 1. The minimum Gasteiger partial charge on any atom is -0.453 e. The second-order valence-electron chi connectivity index (χ2n) is 5.18. The van der Waals surface area contributed by atoms with Crippen LogP contribution in [0.4, 0.5) is 10.5 Å². The number of carbonyl (C=O) groups excluding carboxylic acids is 1. The Balaban J connectivity index is 0.00000338. The molecule has 0 fully saturated rings. The highest BCUT2D eigenvalue weighted by molar-refractivity contribution is 14.0. The molecule has 1 heterocycles. The molecule has 1 aromatic heterocycles. The Labute approximate surface area is 170 Å². The van der Waals surface area contributed by atoms with Crippen LogP contribution in [0.15, 0.2) is 53.7 Å². The van der Waals surface area contributed by atoms with Gasteiger partial charge in [0.25, 0.3) is 0 Å². The molecular weight excluding hydrogens is 445 g/mol. The van der Waals surface area contributed by atoms with E-state index in [9.17, 15) is 4.79 Å². The van der Waals surface area contributed by atoms with Gasteiger partial charge >= 0.3 is 6.09 Å². The van der Waals surface area contributed by atoms with Gasteiger partial charge in [0.2, 0.25) is 0 Å². The number of nitrogens with one attached hydrogen (secondary N) is 3. The van der Waals surface area contributed by atoms with Crippen molar-refractivity contribution >= 4 is 41.7 Å². The molecule has 0 unspecified atom stereocenters. The standard InChI is InChI=1S/C18H23N5O2.HI/c1-3-19-17(22-13-16-6-4-5-11-20-16)21-12-14-7-9-15(10-8-14)23-18(24)25-2;/h4-11H,3,12-13H2,1-2H3,(H,23,24)(H2,19,21,22);1H. The van der Waals surface area contributed by atoms with Gasteiger partial charge in [-0.25, -0.2) is 9.79 Å². The van der Waals surface area contributed by atoms with Crippen molar-refractivity contribution in [3.05, 3.63) is 59.9 Å². The summed E-state index contributed by atoms with van der Waals surface area (Å²) in [6, 6.07) is 13.3. The number of methoxy groups -OCH3 is 1. The van der Waals surface area contributed by atoms with E-state index in [2.05, 4.69) is 30.7 Å². The molecule has 0 saturated carbocycles. The second-order valence-corrected chi connectivity index (χ2v) is 5.18. The molecule has 0 spiro atoms. The van der Waals surface area contributed by atoms with Crippen molar-refractivity contribution in [2.45, 2.75) is 20.0 Å². The molecule has 0 radical (unpaired) electrons. The molecule has 2 aromatic rings. The first-order valence-electron chi connectivity index (χ1n) is 8.07. The molecule has 0 aliphatic carbocycles. The minimum atomic E-state index is -0.487. The van der Waals surface area contributed by atoms with Crippen LogP contribution in [-0.4, -0.2) is 30.7 Å². The zero-order valence-electron chi connectivity index (χ0n) is 14.9. The number of carbonyl (C=O) groups is 1. The topological polar surface area (TPSA) is 87.6 Å². The zero-order valence-corrected chi connectivity index (χ0v) is 17.2. The number of guanidine groups is 1. The van der Waals surface area contributed by atoms with Crippen LogP contribution >= 0.6 is 24.0 Å². The Hall–Kier alpha value is -2.36. The largest absolute Gasteiger partial charge is 0.453 e. The molecule has 0 aliphatic heterocycles. The van der Waals surface area contributed by atoms with Crippen LogP contribution in [0.25, 0.3) is 0 Å². The molecule has 1 aromatic carbocycles. The second kappa shape index (κ2) is 12.1. The van der Waals surface area contributed by atoms with Crippen molar-refractivity contribution in [1.82, 2.24) is 15.6 Å². The molecular formula is C18H24IN5O2. The summed E-state index contributed by atoms with van der Waals surface area (Å²) in [5, 5.41) is 9.07. The van der Waals surface area contributed by atoms with Gasteiger partial charge in [0, 0.05) is 18.4 Å². The smallest absolute Gasteiger partial charge is 0.411 e. The van der Waals surface area contributed by atoms with Crippen molar-refractivity contribution < 1.29 is 9.53 Å². The van der Waals surface area contributed by atoms with E-state index in [1.807, 2.05) is 49.4 Å². The Morgan fingerprint density at radius 2 is 1.92 bits per heavy atom. The molecule has 0 aliphatic rings. The van der Waals surface area contributed by atoms with Gasteiger partial charge < -0.3 is 15.4 Å². The number of hydrogen-bond acceptors (Lipinski definition) is 4. The van der Waals surface area contributed by atoms with E-state index in [1.165, 1.54) is 7.11 Å². The van der Waals surface area contributed by atoms with Crippen molar-refractivity contribution in [1.29, 1.82) is 0 Å². The van der Waals surface area contributed by atoms with Crippen molar-refractivity contribution in [2.75, 3.05) is 19.0 Å².